The Bertz CT molecular complexity index is 602. The first-order valence-electron chi connectivity index (χ1n) is 8.64. The lowest BCUT2D eigenvalue weighted by molar-refractivity contribution is 0.206. The molecule has 0 aromatic carbocycles. The molecule has 2 aliphatic heterocycles. The summed E-state index contributed by atoms with van der Waals surface area (Å²) in [5, 5.41) is 11.5. The fourth-order valence-electron chi connectivity index (χ4n) is 3.69. The first-order chi connectivity index (χ1) is 11.4. The smallest absolute Gasteiger partial charge is 0.124 e. The highest BCUT2D eigenvalue weighted by Gasteiger charge is 2.26. The predicted molar refractivity (Wildman–Crippen MR) is 89.3 cm³/mol. The average Bonchev–Trinajstić information content (AvgIpc) is 3.33. The van der Waals surface area contributed by atoms with Crippen molar-refractivity contribution in [2.24, 2.45) is 5.92 Å². The molecule has 0 aliphatic carbocycles. The van der Waals surface area contributed by atoms with Gasteiger partial charge in [-0.15, -0.1) is 0 Å². The number of rotatable bonds is 6. The summed E-state index contributed by atoms with van der Waals surface area (Å²) >= 11 is 0. The topological polar surface area (TPSA) is 58.3 Å². The number of aromatic nitrogens is 2. The average molecular weight is 315 g/mol. The molecule has 4 rings (SSSR count). The van der Waals surface area contributed by atoms with Crippen LogP contribution in [0.3, 0.4) is 0 Å². The summed E-state index contributed by atoms with van der Waals surface area (Å²) in [5.41, 5.74) is 0. The van der Waals surface area contributed by atoms with Gasteiger partial charge in [0.1, 0.15) is 11.6 Å². The van der Waals surface area contributed by atoms with Crippen LogP contribution >= 0.6 is 0 Å². The third-order valence-electron chi connectivity index (χ3n) is 4.94. The van der Waals surface area contributed by atoms with Crippen molar-refractivity contribution in [3.05, 3.63) is 36.4 Å². The SMILES string of the molecule is c1coc([C@@H](CNC[C@@H]2CNc3ccnn3C2)N2CCCC2)c1. The second-order valence-corrected chi connectivity index (χ2v) is 6.58. The molecule has 6 heteroatoms. The van der Waals surface area contributed by atoms with Gasteiger partial charge in [0.05, 0.1) is 18.5 Å². The van der Waals surface area contributed by atoms with Crippen LogP contribution in [-0.4, -0.2) is 47.4 Å². The number of hydrogen-bond acceptors (Lipinski definition) is 5. The Hall–Kier alpha value is -1.79. The third-order valence-corrected chi connectivity index (χ3v) is 4.94. The summed E-state index contributed by atoms with van der Waals surface area (Å²) in [5.74, 6) is 2.78. The first kappa shape index (κ1) is 14.8. The van der Waals surface area contributed by atoms with Gasteiger partial charge in [0, 0.05) is 38.2 Å². The van der Waals surface area contributed by atoms with E-state index >= 15 is 0 Å². The van der Waals surface area contributed by atoms with Gasteiger partial charge in [-0.25, -0.2) is 4.68 Å². The Kier molecular flexibility index (Phi) is 4.35. The number of furan rings is 1. The minimum Gasteiger partial charge on any atom is -0.468 e. The summed E-state index contributed by atoms with van der Waals surface area (Å²) in [6.45, 7) is 6.28. The van der Waals surface area contributed by atoms with Crippen LogP contribution in [0, 0.1) is 5.92 Å². The fraction of sp³-hybridized carbons (Fsp3) is 0.588. The Morgan fingerprint density at radius 2 is 2.26 bits per heavy atom. The minimum atomic E-state index is 0.351. The van der Waals surface area contributed by atoms with E-state index in [0.717, 1.165) is 37.8 Å². The standard InChI is InChI=1S/C17H25N5O/c1-2-8-21(7-1)15(16-4-3-9-23-16)12-18-10-14-11-19-17-5-6-20-22(17)13-14/h3-6,9,14-15,18-19H,1-2,7-8,10-13H2/t14-,15-/m1/s1. The summed E-state index contributed by atoms with van der Waals surface area (Å²) < 4.78 is 7.73. The van der Waals surface area contributed by atoms with E-state index in [0.29, 0.717) is 12.0 Å². The molecule has 0 bridgehead atoms. The van der Waals surface area contributed by atoms with E-state index in [1.807, 2.05) is 18.3 Å². The van der Waals surface area contributed by atoms with E-state index < -0.39 is 0 Å². The molecule has 2 aromatic heterocycles. The van der Waals surface area contributed by atoms with Crippen molar-refractivity contribution in [2.45, 2.75) is 25.4 Å². The maximum absolute atomic E-state index is 5.68. The van der Waals surface area contributed by atoms with Crippen LogP contribution in [0.2, 0.25) is 0 Å². The van der Waals surface area contributed by atoms with Gasteiger partial charge in [-0.2, -0.15) is 5.10 Å². The number of hydrogen-bond donors (Lipinski definition) is 2. The summed E-state index contributed by atoms with van der Waals surface area (Å²) in [7, 11) is 0. The molecule has 2 N–H and O–H groups in total. The van der Waals surface area contributed by atoms with Crippen LogP contribution in [0.15, 0.2) is 35.1 Å². The van der Waals surface area contributed by atoms with Gasteiger partial charge < -0.3 is 15.1 Å². The number of nitrogens with zero attached hydrogens (tertiary/aromatic N) is 3. The predicted octanol–water partition coefficient (Wildman–Crippen LogP) is 1.94. The second kappa shape index (κ2) is 6.76. The zero-order valence-electron chi connectivity index (χ0n) is 13.4. The molecule has 6 nitrogen and oxygen atoms in total. The van der Waals surface area contributed by atoms with Crippen LogP contribution in [-0.2, 0) is 6.54 Å². The van der Waals surface area contributed by atoms with Crippen LogP contribution in [0.1, 0.15) is 24.6 Å². The lowest BCUT2D eigenvalue weighted by atomic mass is 10.1. The molecule has 2 aliphatic rings. The molecule has 2 aromatic rings. The number of likely N-dealkylation sites (tertiary alicyclic amines) is 1. The van der Waals surface area contributed by atoms with Crippen LogP contribution in [0.4, 0.5) is 5.82 Å². The third kappa shape index (κ3) is 3.28. The molecule has 4 heterocycles. The van der Waals surface area contributed by atoms with Crippen molar-refractivity contribution < 1.29 is 4.42 Å². The van der Waals surface area contributed by atoms with Gasteiger partial charge >= 0.3 is 0 Å². The summed E-state index contributed by atoms with van der Waals surface area (Å²) in [6.07, 6.45) is 6.23. The largest absolute Gasteiger partial charge is 0.468 e. The highest BCUT2D eigenvalue weighted by molar-refractivity contribution is 5.35. The lowest BCUT2D eigenvalue weighted by Gasteiger charge is -2.28. The van der Waals surface area contributed by atoms with Gasteiger partial charge in [-0.1, -0.05) is 0 Å². The number of fused-ring (bicyclic) bond motifs is 1. The quantitative estimate of drug-likeness (QED) is 0.853. The molecule has 0 radical (unpaired) electrons. The molecule has 124 valence electrons. The molecule has 0 amide bonds. The molecule has 2 atom stereocenters. The van der Waals surface area contributed by atoms with Crippen LogP contribution < -0.4 is 10.6 Å². The van der Waals surface area contributed by atoms with Gasteiger partial charge in [0.25, 0.3) is 0 Å². The van der Waals surface area contributed by atoms with E-state index in [1.165, 1.54) is 25.9 Å². The van der Waals surface area contributed by atoms with Gasteiger partial charge in [0.2, 0.25) is 0 Å². The van der Waals surface area contributed by atoms with Gasteiger partial charge in [-0.3, -0.25) is 4.90 Å². The Balaban J connectivity index is 1.32. The molecule has 1 fully saturated rings. The molecule has 23 heavy (non-hydrogen) atoms. The highest BCUT2D eigenvalue weighted by atomic mass is 16.3. The van der Waals surface area contributed by atoms with Gasteiger partial charge in [-0.05, 0) is 38.1 Å². The molecule has 0 spiro atoms. The lowest BCUT2D eigenvalue weighted by Crippen LogP contribution is -2.39. The maximum Gasteiger partial charge on any atom is 0.124 e. The molecular weight excluding hydrogens is 290 g/mol. The summed E-state index contributed by atoms with van der Waals surface area (Å²) in [6, 6.07) is 6.47. The minimum absolute atomic E-state index is 0.351. The highest BCUT2D eigenvalue weighted by Crippen LogP contribution is 2.25. The van der Waals surface area contributed by atoms with E-state index in [4.69, 9.17) is 4.42 Å². The van der Waals surface area contributed by atoms with E-state index in [1.54, 1.807) is 6.26 Å². The molecule has 0 saturated carbocycles. The van der Waals surface area contributed by atoms with Crippen molar-refractivity contribution in [1.29, 1.82) is 0 Å². The van der Waals surface area contributed by atoms with E-state index in [9.17, 15) is 0 Å². The Morgan fingerprint density at radius 1 is 1.35 bits per heavy atom. The number of nitrogens with one attached hydrogen (secondary N) is 2. The Labute approximate surface area is 136 Å². The van der Waals surface area contributed by atoms with E-state index in [2.05, 4.69) is 31.4 Å². The molecular formula is C17H25N5O. The van der Waals surface area contributed by atoms with Crippen molar-refractivity contribution in [2.75, 3.05) is 38.0 Å². The Morgan fingerprint density at radius 3 is 3.09 bits per heavy atom. The van der Waals surface area contributed by atoms with Crippen molar-refractivity contribution >= 4 is 5.82 Å². The van der Waals surface area contributed by atoms with E-state index in [-0.39, 0.29) is 0 Å². The van der Waals surface area contributed by atoms with Crippen molar-refractivity contribution in [1.82, 2.24) is 20.0 Å². The second-order valence-electron chi connectivity index (χ2n) is 6.58. The van der Waals surface area contributed by atoms with Crippen LogP contribution in [0.25, 0.3) is 0 Å². The number of anilines is 1. The molecule has 0 unspecified atom stereocenters. The van der Waals surface area contributed by atoms with Crippen molar-refractivity contribution in [3.8, 4) is 0 Å². The van der Waals surface area contributed by atoms with Crippen LogP contribution in [0.5, 0.6) is 0 Å². The van der Waals surface area contributed by atoms with Crippen molar-refractivity contribution in [3.63, 3.8) is 0 Å². The fourth-order valence-corrected chi connectivity index (χ4v) is 3.69. The van der Waals surface area contributed by atoms with Gasteiger partial charge in [0.15, 0.2) is 0 Å². The maximum atomic E-state index is 5.68. The zero-order chi connectivity index (χ0) is 15.5. The molecule has 1 saturated heterocycles. The monoisotopic (exact) mass is 315 g/mol. The zero-order valence-corrected chi connectivity index (χ0v) is 13.4. The normalized spacial score (nSPS) is 22.7. The summed E-state index contributed by atoms with van der Waals surface area (Å²) in [4.78, 5) is 2.54. The first-order valence-corrected chi connectivity index (χ1v) is 8.64.